The topological polar surface area (TPSA) is 59.0 Å². The Labute approximate surface area is 118 Å². The Balaban J connectivity index is 1.55. The Hall–Kier alpha value is -1.91. The van der Waals surface area contributed by atoms with Gasteiger partial charge < -0.3 is 19.5 Å². The Morgan fingerprint density at radius 3 is 2.20 bits per heavy atom. The van der Waals surface area contributed by atoms with Gasteiger partial charge in [0.25, 0.3) is 0 Å². The molecule has 1 heterocycles. The molecule has 2 aliphatic rings. The Bertz CT molecular complexity index is 473. The Morgan fingerprint density at radius 1 is 1.15 bits per heavy atom. The molecular formula is C15H19NO4. The van der Waals surface area contributed by atoms with E-state index in [1.807, 2.05) is 24.3 Å². The monoisotopic (exact) mass is 277 g/mol. The minimum Gasteiger partial charge on any atom is -0.497 e. The van der Waals surface area contributed by atoms with Crippen molar-refractivity contribution in [3.63, 3.8) is 0 Å². The average Bonchev–Trinajstić information content (AvgIpc) is 2.97. The van der Waals surface area contributed by atoms with Gasteiger partial charge in [-0.2, -0.15) is 0 Å². The smallest absolute Gasteiger partial charge is 0.407 e. The summed E-state index contributed by atoms with van der Waals surface area (Å²) in [5.41, 5.74) is 0. The summed E-state index contributed by atoms with van der Waals surface area (Å²) in [4.78, 5) is 12.5. The number of likely N-dealkylation sites (tertiary alicyclic amines) is 1. The van der Waals surface area contributed by atoms with Crippen LogP contribution in [0, 0.1) is 11.8 Å². The van der Waals surface area contributed by atoms with Crippen molar-refractivity contribution in [1.82, 2.24) is 4.90 Å². The minimum absolute atomic E-state index is 0.203. The highest BCUT2D eigenvalue weighted by molar-refractivity contribution is 5.65. The van der Waals surface area contributed by atoms with Gasteiger partial charge in [-0.1, -0.05) is 0 Å². The first kappa shape index (κ1) is 13.1. The average molecular weight is 277 g/mol. The van der Waals surface area contributed by atoms with Gasteiger partial charge in [0.15, 0.2) is 0 Å². The zero-order valence-corrected chi connectivity index (χ0v) is 11.5. The summed E-state index contributed by atoms with van der Waals surface area (Å²) in [7, 11) is 1.64. The molecule has 0 spiro atoms. The summed E-state index contributed by atoms with van der Waals surface area (Å²) < 4.78 is 11.1. The van der Waals surface area contributed by atoms with Crippen molar-refractivity contribution in [3.8, 4) is 11.5 Å². The number of methoxy groups -OCH3 is 1. The van der Waals surface area contributed by atoms with E-state index in [1.54, 1.807) is 7.11 Å². The van der Waals surface area contributed by atoms with Crippen molar-refractivity contribution in [2.45, 2.75) is 18.9 Å². The molecule has 3 rings (SSSR count). The molecule has 2 fully saturated rings. The lowest BCUT2D eigenvalue weighted by Crippen LogP contribution is -2.29. The lowest BCUT2D eigenvalue weighted by Gasteiger charge is -2.18. The molecular weight excluding hydrogens is 258 g/mol. The van der Waals surface area contributed by atoms with E-state index in [-0.39, 0.29) is 6.10 Å². The zero-order chi connectivity index (χ0) is 14.1. The maximum Gasteiger partial charge on any atom is 0.407 e. The van der Waals surface area contributed by atoms with Crippen molar-refractivity contribution < 1.29 is 19.4 Å². The highest BCUT2D eigenvalue weighted by atomic mass is 16.5. The van der Waals surface area contributed by atoms with Crippen molar-refractivity contribution >= 4 is 6.09 Å². The molecule has 0 bridgehead atoms. The van der Waals surface area contributed by atoms with Crippen molar-refractivity contribution in [2.75, 3.05) is 20.2 Å². The summed E-state index contributed by atoms with van der Waals surface area (Å²) in [5, 5.41) is 9.00. The third kappa shape index (κ3) is 2.53. The number of benzene rings is 1. The van der Waals surface area contributed by atoms with E-state index < -0.39 is 6.09 Å². The first-order valence-corrected chi connectivity index (χ1v) is 6.94. The summed E-state index contributed by atoms with van der Waals surface area (Å²) in [5.74, 6) is 2.58. The standard InChI is InChI=1S/C15H19NO4/c1-19-12-2-4-13(5-3-12)20-14-6-10-8-16(15(17)18)9-11(10)7-14/h2-5,10-11,14H,6-9H2,1H3,(H,17,18)/t10-,11-/m1/s1. The number of rotatable bonds is 3. The van der Waals surface area contributed by atoms with Crippen LogP contribution < -0.4 is 9.47 Å². The predicted octanol–water partition coefficient (Wildman–Crippen LogP) is 2.46. The van der Waals surface area contributed by atoms with E-state index in [0.717, 1.165) is 24.3 Å². The van der Waals surface area contributed by atoms with E-state index in [1.165, 1.54) is 4.90 Å². The predicted molar refractivity (Wildman–Crippen MR) is 73.2 cm³/mol. The number of nitrogens with zero attached hydrogens (tertiary/aromatic N) is 1. The highest BCUT2D eigenvalue weighted by Gasteiger charge is 2.43. The summed E-state index contributed by atoms with van der Waals surface area (Å²) >= 11 is 0. The van der Waals surface area contributed by atoms with Gasteiger partial charge in [-0.3, -0.25) is 0 Å². The number of carboxylic acid groups (broad SMARTS) is 1. The molecule has 20 heavy (non-hydrogen) atoms. The molecule has 0 aromatic heterocycles. The summed E-state index contributed by atoms with van der Waals surface area (Å²) in [6.07, 6.45) is 1.29. The molecule has 1 saturated carbocycles. The lowest BCUT2D eigenvalue weighted by atomic mass is 10.0. The van der Waals surface area contributed by atoms with Gasteiger partial charge in [0.05, 0.1) is 13.2 Å². The number of carbonyl (C=O) groups is 1. The van der Waals surface area contributed by atoms with Crippen LogP contribution in [0.1, 0.15) is 12.8 Å². The SMILES string of the molecule is COc1ccc(OC2C[C@@H]3CN(C(=O)O)C[C@H]3C2)cc1. The minimum atomic E-state index is -0.799. The van der Waals surface area contributed by atoms with E-state index >= 15 is 0 Å². The maximum atomic E-state index is 10.9. The Kier molecular flexibility index (Phi) is 3.42. The zero-order valence-electron chi connectivity index (χ0n) is 11.5. The molecule has 1 aliphatic heterocycles. The first-order valence-electron chi connectivity index (χ1n) is 6.94. The number of hydrogen-bond donors (Lipinski definition) is 1. The molecule has 5 nitrogen and oxygen atoms in total. The second-order valence-corrected chi connectivity index (χ2v) is 5.59. The first-order chi connectivity index (χ1) is 9.65. The van der Waals surface area contributed by atoms with E-state index in [4.69, 9.17) is 14.6 Å². The van der Waals surface area contributed by atoms with Crippen molar-refractivity contribution in [1.29, 1.82) is 0 Å². The van der Waals surface area contributed by atoms with Gasteiger partial charge in [-0.05, 0) is 48.9 Å². The van der Waals surface area contributed by atoms with Crippen LogP contribution in [0.5, 0.6) is 11.5 Å². The van der Waals surface area contributed by atoms with Crippen LogP contribution in [0.25, 0.3) is 0 Å². The third-order valence-electron chi connectivity index (χ3n) is 4.34. The molecule has 1 aliphatic carbocycles. The summed E-state index contributed by atoms with van der Waals surface area (Å²) in [6.45, 7) is 1.31. The fraction of sp³-hybridized carbons (Fsp3) is 0.533. The molecule has 1 aromatic carbocycles. The van der Waals surface area contributed by atoms with Crippen molar-refractivity contribution in [3.05, 3.63) is 24.3 Å². The molecule has 0 radical (unpaired) electrons. The fourth-order valence-corrected chi connectivity index (χ4v) is 3.34. The lowest BCUT2D eigenvalue weighted by molar-refractivity contribution is 0.144. The molecule has 5 heteroatoms. The van der Waals surface area contributed by atoms with Crippen LogP contribution in [-0.2, 0) is 0 Å². The van der Waals surface area contributed by atoms with Gasteiger partial charge in [-0.25, -0.2) is 4.79 Å². The van der Waals surface area contributed by atoms with E-state index in [0.29, 0.717) is 24.9 Å². The number of fused-ring (bicyclic) bond motifs is 1. The molecule has 108 valence electrons. The van der Waals surface area contributed by atoms with Crippen LogP contribution in [0.4, 0.5) is 4.79 Å². The molecule has 1 N–H and O–H groups in total. The molecule has 2 atom stereocenters. The number of hydrogen-bond acceptors (Lipinski definition) is 3. The maximum absolute atomic E-state index is 10.9. The Morgan fingerprint density at radius 2 is 1.70 bits per heavy atom. The number of ether oxygens (including phenoxy) is 2. The van der Waals surface area contributed by atoms with E-state index in [2.05, 4.69) is 0 Å². The fourth-order valence-electron chi connectivity index (χ4n) is 3.34. The van der Waals surface area contributed by atoms with Crippen molar-refractivity contribution in [2.24, 2.45) is 11.8 Å². The van der Waals surface area contributed by atoms with Gasteiger partial charge in [0.1, 0.15) is 11.5 Å². The van der Waals surface area contributed by atoms with Gasteiger partial charge in [0.2, 0.25) is 0 Å². The van der Waals surface area contributed by atoms with Crippen LogP contribution in [-0.4, -0.2) is 42.4 Å². The van der Waals surface area contributed by atoms with Crippen LogP contribution in [0.3, 0.4) is 0 Å². The molecule has 1 aromatic rings. The normalized spacial score (nSPS) is 25.6. The largest absolute Gasteiger partial charge is 0.497 e. The third-order valence-corrected chi connectivity index (χ3v) is 4.34. The van der Waals surface area contributed by atoms with Gasteiger partial charge in [0, 0.05) is 13.1 Å². The van der Waals surface area contributed by atoms with Crippen LogP contribution >= 0.6 is 0 Å². The number of amides is 1. The second-order valence-electron chi connectivity index (χ2n) is 5.59. The highest BCUT2D eigenvalue weighted by Crippen LogP contribution is 2.39. The summed E-state index contributed by atoms with van der Waals surface area (Å²) in [6, 6.07) is 7.60. The quantitative estimate of drug-likeness (QED) is 0.922. The van der Waals surface area contributed by atoms with Gasteiger partial charge in [-0.15, -0.1) is 0 Å². The van der Waals surface area contributed by atoms with E-state index in [9.17, 15) is 4.79 Å². The molecule has 1 saturated heterocycles. The van der Waals surface area contributed by atoms with Crippen LogP contribution in [0.15, 0.2) is 24.3 Å². The van der Waals surface area contributed by atoms with Gasteiger partial charge >= 0.3 is 6.09 Å². The molecule has 0 unspecified atom stereocenters. The molecule has 1 amide bonds. The second kappa shape index (κ2) is 5.23. The van der Waals surface area contributed by atoms with Crippen LogP contribution in [0.2, 0.25) is 0 Å².